The molecule has 0 bridgehead atoms. The van der Waals surface area contributed by atoms with E-state index in [9.17, 15) is 4.79 Å². The molecule has 0 spiro atoms. The zero-order chi connectivity index (χ0) is 9.90. The minimum absolute atomic E-state index is 0.0527. The van der Waals surface area contributed by atoms with Gasteiger partial charge in [0.2, 0.25) is 0 Å². The molecule has 3 heteroatoms. The highest BCUT2D eigenvalue weighted by Crippen LogP contribution is 2.17. The largest absolute Gasteiger partial charge is 0.472 e. The van der Waals surface area contributed by atoms with E-state index >= 15 is 0 Å². The van der Waals surface area contributed by atoms with Crippen molar-refractivity contribution >= 4 is 5.78 Å². The first-order valence-corrected chi connectivity index (χ1v) is 4.29. The van der Waals surface area contributed by atoms with Crippen LogP contribution in [0.2, 0.25) is 0 Å². The fourth-order valence-corrected chi connectivity index (χ4v) is 1.17. The summed E-state index contributed by atoms with van der Waals surface area (Å²) in [6.07, 6.45) is 2.92. The normalized spacial score (nSPS) is 11.6. The van der Waals surface area contributed by atoms with E-state index in [1.165, 1.54) is 12.5 Å². The van der Waals surface area contributed by atoms with Crippen LogP contribution in [-0.2, 0) is 4.74 Å². The Morgan fingerprint density at radius 2 is 2.31 bits per heavy atom. The van der Waals surface area contributed by atoms with Gasteiger partial charge in [-0.2, -0.15) is 0 Å². The van der Waals surface area contributed by atoms with Gasteiger partial charge in [0, 0.05) is 6.61 Å². The summed E-state index contributed by atoms with van der Waals surface area (Å²) in [6, 6.07) is 1.64. The summed E-state index contributed by atoms with van der Waals surface area (Å²) in [7, 11) is 0. The summed E-state index contributed by atoms with van der Waals surface area (Å²) < 4.78 is 10.2. The predicted octanol–water partition coefficient (Wildman–Crippen LogP) is 2.28. The monoisotopic (exact) mass is 182 g/mol. The molecule has 1 aromatic rings. The van der Waals surface area contributed by atoms with Gasteiger partial charge in [0.1, 0.15) is 11.9 Å². The van der Waals surface area contributed by atoms with Crippen LogP contribution in [0.15, 0.2) is 23.0 Å². The van der Waals surface area contributed by atoms with Gasteiger partial charge in [-0.3, -0.25) is 4.79 Å². The summed E-state index contributed by atoms with van der Waals surface area (Å²) in [5.74, 6) is -0.0527. The minimum atomic E-state index is -0.765. The molecule has 0 atom stereocenters. The van der Waals surface area contributed by atoms with Crippen LogP contribution in [0.3, 0.4) is 0 Å². The fourth-order valence-electron chi connectivity index (χ4n) is 1.17. The van der Waals surface area contributed by atoms with Crippen LogP contribution in [0.25, 0.3) is 0 Å². The van der Waals surface area contributed by atoms with Crippen molar-refractivity contribution in [3.05, 3.63) is 24.2 Å². The first kappa shape index (κ1) is 9.99. The molecule has 72 valence electrons. The van der Waals surface area contributed by atoms with Gasteiger partial charge in [0.15, 0.2) is 5.78 Å². The van der Waals surface area contributed by atoms with Crippen LogP contribution in [-0.4, -0.2) is 18.0 Å². The molecule has 1 heterocycles. The van der Waals surface area contributed by atoms with Gasteiger partial charge in [-0.15, -0.1) is 0 Å². The number of hydrogen-bond donors (Lipinski definition) is 0. The maximum absolute atomic E-state index is 11.7. The zero-order valence-electron chi connectivity index (χ0n) is 8.16. The van der Waals surface area contributed by atoms with Gasteiger partial charge in [0.05, 0.1) is 11.8 Å². The highest BCUT2D eigenvalue weighted by Gasteiger charge is 2.29. The van der Waals surface area contributed by atoms with Crippen LogP contribution in [0.1, 0.15) is 31.1 Å². The number of carbonyl (C=O) groups excluding carboxylic acids is 1. The van der Waals surface area contributed by atoms with Crippen molar-refractivity contribution in [2.45, 2.75) is 26.4 Å². The number of Topliss-reactive ketones (excluding diaryl/α,β-unsaturated/α-hetero) is 1. The first-order chi connectivity index (χ1) is 6.08. The van der Waals surface area contributed by atoms with E-state index < -0.39 is 5.60 Å². The molecule has 1 rings (SSSR count). The second kappa shape index (κ2) is 3.75. The maximum atomic E-state index is 11.7. The molecule has 1 aromatic heterocycles. The van der Waals surface area contributed by atoms with Gasteiger partial charge < -0.3 is 9.15 Å². The molecule has 0 aliphatic rings. The van der Waals surface area contributed by atoms with E-state index in [4.69, 9.17) is 9.15 Å². The van der Waals surface area contributed by atoms with Crippen molar-refractivity contribution in [3.63, 3.8) is 0 Å². The third kappa shape index (κ3) is 2.18. The van der Waals surface area contributed by atoms with Gasteiger partial charge in [-0.25, -0.2) is 0 Å². The summed E-state index contributed by atoms with van der Waals surface area (Å²) in [5.41, 5.74) is -0.211. The van der Waals surface area contributed by atoms with Crippen molar-refractivity contribution in [1.29, 1.82) is 0 Å². The molecule has 0 N–H and O–H groups in total. The van der Waals surface area contributed by atoms with Crippen molar-refractivity contribution in [2.75, 3.05) is 6.61 Å². The van der Waals surface area contributed by atoms with Crippen LogP contribution in [0.4, 0.5) is 0 Å². The average Bonchev–Trinajstić information content (AvgIpc) is 2.54. The Morgan fingerprint density at radius 1 is 1.62 bits per heavy atom. The van der Waals surface area contributed by atoms with Gasteiger partial charge in [-0.05, 0) is 26.8 Å². The second-order valence-electron chi connectivity index (χ2n) is 3.28. The Balaban J connectivity index is 2.78. The van der Waals surface area contributed by atoms with Crippen molar-refractivity contribution in [3.8, 4) is 0 Å². The zero-order valence-corrected chi connectivity index (χ0v) is 8.16. The Morgan fingerprint density at radius 3 is 2.77 bits per heavy atom. The maximum Gasteiger partial charge on any atom is 0.197 e. The molecule has 0 fully saturated rings. The summed E-state index contributed by atoms with van der Waals surface area (Å²) >= 11 is 0. The van der Waals surface area contributed by atoms with E-state index in [1.54, 1.807) is 19.9 Å². The fraction of sp³-hybridized carbons (Fsp3) is 0.500. The molecule has 0 radical (unpaired) electrons. The van der Waals surface area contributed by atoms with Crippen molar-refractivity contribution in [1.82, 2.24) is 0 Å². The predicted molar refractivity (Wildman–Crippen MR) is 48.7 cm³/mol. The third-order valence-corrected chi connectivity index (χ3v) is 1.84. The first-order valence-electron chi connectivity index (χ1n) is 4.29. The lowest BCUT2D eigenvalue weighted by molar-refractivity contribution is 0.00121. The molecular weight excluding hydrogens is 168 g/mol. The van der Waals surface area contributed by atoms with Crippen LogP contribution >= 0.6 is 0 Å². The van der Waals surface area contributed by atoms with Crippen LogP contribution < -0.4 is 0 Å². The van der Waals surface area contributed by atoms with Gasteiger partial charge in [0.25, 0.3) is 0 Å². The van der Waals surface area contributed by atoms with E-state index in [1.807, 2.05) is 6.92 Å². The Kier molecular flexibility index (Phi) is 2.88. The minimum Gasteiger partial charge on any atom is -0.472 e. The Hall–Kier alpha value is -1.09. The Bertz CT molecular complexity index is 272. The third-order valence-electron chi connectivity index (χ3n) is 1.84. The van der Waals surface area contributed by atoms with Crippen LogP contribution in [0, 0.1) is 0 Å². The van der Waals surface area contributed by atoms with E-state index in [-0.39, 0.29) is 5.78 Å². The number of ketones is 1. The van der Waals surface area contributed by atoms with Crippen molar-refractivity contribution < 1.29 is 13.9 Å². The highest BCUT2D eigenvalue weighted by atomic mass is 16.5. The van der Waals surface area contributed by atoms with Gasteiger partial charge in [-0.1, -0.05) is 0 Å². The number of carbonyl (C=O) groups is 1. The van der Waals surface area contributed by atoms with E-state index in [0.29, 0.717) is 12.2 Å². The van der Waals surface area contributed by atoms with Gasteiger partial charge >= 0.3 is 0 Å². The molecule has 0 unspecified atom stereocenters. The number of rotatable bonds is 4. The number of ether oxygens (including phenoxy) is 1. The topological polar surface area (TPSA) is 39.4 Å². The highest BCUT2D eigenvalue weighted by molar-refractivity contribution is 6.01. The van der Waals surface area contributed by atoms with E-state index in [0.717, 1.165) is 0 Å². The SMILES string of the molecule is CCOC(C)(C)C(=O)c1ccoc1. The molecule has 0 saturated heterocycles. The standard InChI is InChI=1S/C10H14O3/c1-4-13-10(2,3)9(11)8-5-6-12-7-8/h5-7H,4H2,1-3H3. The van der Waals surface area contributed by atoms with Crippen molar-refractivity contribution in [2.24, 2.45) is 0 Å². The molecule has 13 heavy (non-hydrogen) atoms. The quantitative estimate of drug-likeness (QED) is 0.670. The molecule has 0 aliphatic carbocycles. The average molecular weight is 182 g/mol. The molecule has 0 amide bonds. The molecule has 3 nitrogen and oxygen atoms in total. The van der Waals surface area contributed by atoms with Crippen LogP contribution in [0.5, 0.6) is 0 Å². The molecule has 0 aliphatic heterocycles. The summed E-state index contributed by atoms with van der Waals surface area (Å²) in [5, 5.41) is 0. The lowest BCUT2D eigenvalue weighted by atomic mass is 9.99. The molecule has 0 aromatic carbocycles. The van der Waals surface area contributed by atoms with E-state index in [2.05, 4.69) is 0 Å². The number of furan rings is 1. The molecular formula is C10H14O3. The number of hydrogen-bond acceptors (Lipinski definition) is 3. The summed E-state index contributed by atoms with van der Waals surface area (Å²) in [4.78, 5) is 11.7. The smallest absolute Gasteiger partial charge is 0.197 e. The second-order valence-corrected chi connectivity index (χ2v) is 3.28. The Labute approximate surface area is 77.7 Å². The lowest BCUT2D eigenvalue weighted by Gasteiger charge is -2.21. The lowest BCUT2D eigenvalue weighted by Crippen LogP contribution is -2.34. The molecule has 0 saturated carbocycles. The summed E-state index contributed by atoms with van der Waals surface area (Å²) in [6.45, 7) is 5.90.